The Bertz CT molecular complexity index is 880. The number of amides is 1. The summed E-state index contributed by atoms with van der Waals surface area (Å²) < 4.78 is 2.22. The molecule has 2 aromatic carbocycles. The van der Waals surface area contributed by atoms with Gasteiger partial charge >= 0.3 is 0 Å². The molecule has 6 heteroatoms. The van der Waals surface area contributed by atoms with E-state index in [1.807, 2.05) is 67.3 Å². The van der Waals surface area contributed by atoms with Crippen molar-refractivity contribution < 1.29 is 21.8 Å². The topological polar surface area (TPSA) is 38.1 Å². The first kappa shape index (κ1) is 21.5. The highest BCUT2D eigenvalue weighted by atomic mass is 79.9. The average Bonchev–Trinajstić information content (AvgIpc) is 2.99. The van der Waals surface area contributed by atoms with Crippen LogP contribution in [0.5, 0.6) is 0 Å². The van der Waals surface area contributed by atoms with E-state index in [9.17, 15) is 4.79 Å². The van der Waals surface area contributed by atoms with Gasteiger partial charge in [-0.3, -0.25) is 4.79 Å². The molecule has 1 aromatic heterocycles. The van der Waals surface area contributed by atoms with Gasteiger partial charge in [0.15, 0.2) is 5.16 Å². The molecule has 144 valence electrons. The van der Waals surface area contributed by atoms with Gasteiger partial charge in [0.05, 0.1) is 16.8 Å². The highest BCUT2D eigenvalue weighted by molar-refractivity contribution is 7.99. The van der Waals surface area contributed by atoms with Gasteiger partial charge in [-0.25, -0.2) is 4.98 Å². The first-order valence-corrected chi connectivity index (χ1v) is 10.1. The fourth-order valence-electron chi connectivity index (χ4n) is 3.12. The summed E-state index contributed by atoms with van der Waals surface area (Å²) >= 11 is 1.52. The van der Waals surface area contributed by atoms with Crippen molar-refractivity contribution in [3.63, 3.8) is 0 Å². The second-order valence-electron chi connectivity index (χ2n) is 6.52. The predicted octanol–water partition coefficient (Wildman–Crippen LogP) is 1.98. The number of para-hydroxylation sites is 3. The summed E-state index contributed by atoms with van der Waals surface area (Å²) in [5.74, 6) is 0.478. The molecule has 0 aliphatic carbocycles. The SMILES string of the molecule is CCCn1c(SCC(=O)N(c2ccccc2)C(C)C)nc2ccccc21.[Br-]. The third-order valence-corrected chi connectivity index (χ3v) is 5.17. The van der Waals surface area contributed by atoms with Gasteiger partial charge in [-0.1, -0.05) is 49.0 Å². The molecular formula is C21H25BrN3OS-. The van der Waals surface area contributed by atoms with Crippen LogP contribution in [-0.4, -0.2) is 27.3 Å². The molecule has 3 rings (SSSR count). The second-order valence-corrected chi connectivity index (χ2v) is 7.46. The van der Waals surface area contributed by atoms with E-state index in [0.29, 0.717) is 5.75 Å². The number of hydrogen-bond acceptors (Lipinski definition) is 3. The summed E-state index contributed by atoms with van der Waals surface area (Å²) in [6.07, 6.45) is 1.03. The van der Waals surface area contributed by atoms with Crippen LogP contribution in [0.15, 0.2) is 59.8 Å². The zero-order chi connectivity index (χ0) is 18.5. The summed E-state index contributed by atoms with van der Waals surface area (Å²) in [5.41, 5.74) is 3.06. The number of fused-ring (bicyclic) bond motifs is 1. The molecule has 0 unspecified atom stereocenters. The van der Waals surface area contributed by atoms with Crippen LogP contribution < -0.4 is 21.9 Å². The van der Waals surface area contributed by atoms with Crippen molar-refractivity contribution in [3.8, 4) is 0 Å². The molecule has 0 fully saturated rings. The van der Waals surface area contributed by atoms with Crippen LogP contribution in [0.3, 0.4) is 0 Å². The summed E-state index contributed by atoms with van der Waals surface area (Å²) in [7, 11) is 0. The summed E-state index contributed by atoms with van der Waals surface area (Å²) in [5, 5.41) is 0.915. The van der Waals surface area contributed by atoms with Gasteiger partial charge < -0.3 is 26.4 Å². The second kappa shape index (κ2) is 9.95. The van der Waals surface area contributed by atoms with E-state index in [-0.39, 0.29) is 28.9 Å². The van der Waals surface area contributed by atoms with E-state index < -0.39 is 0 Å². The maximum Gasteiger partial charge on any atom is 0.237 e. The minimum absolute atomic E-state index is 0. The van der Waals surface area contributed by atoms with Crippen molar-refractivity contribution in [3.05, 3.63) is 54.6 Å². The van der Waals surface area contributed by atoms with E-state index in [0.717, 1.165) is 34.8 Å². The van der Waals surface area contributed by atoms with Crippen molar-refractivity contribution in [1.29, 1.82) is 0 Å². The van der Waals surface area contributed by atoms with Crippen molar-refractivity contribution in [2.45, 2.75) is 44.9 Å². The molecule has 0 saturated carbocycles. The van der Waals surface area contributed by atoms with Crippen molar-refractivity contribution in [2.24, 2.45) is 0 Å². The molecule has 0 aliphatic heterocycles. The van der Waals surface area contributed by atoms with E-state index in [1.54, 1.807) is 0 Å². The Morgan fingerprint density at radius 2 is 1.78 bits per heavy atom. The lowest BCUT2D eigenvalue weighted by Crippen LogP contribution is -3.00. The van der Waals surface area contributed by atoms with Gasteiger partial charge in [-0.15, -0.1) is 0 Å². The largest absolute Gasteiger partial charge is 1.00 e. The van der Waals surface area contributed by atoms with Gasteiger partial charge in [0, 0.05) is 18.3 Å². The van der Waals surface area contributed by atoms with Crippen molar-refractivity contribution in [2.75, 3.05) is 10.7 Å². The Labute approximate surface area is 175 Å². The number of rotatable bonds is 7. The average molecular weight is 447 g/mol. The Morgan fingerprint density at radius 1 is 1.11 bits per heavy atom. The fourth-order valence-corrected chi connectivity index (χ4v) is 4.02. The van der Waals surface area contributed by atoms with Gasteiger partial charge in [0.2, 0.25) is 5.91 Å². The number of nitrogens with zero attached hydrogens (tertiary/aromatic N) is 3. The van der Waals surface area contributed by atoms with Crippen LogP contribution >= 0.6 is 11.8 Å². The third kappa shape index (κ3) is 4.93. The molecule has 0 saturated heterocycles. The smallest absolute Gasteiger partial charge is 0.237 e. The van der Waals surface area contributed by atoms with Crippen molar-refractivity contribution in [1.82, 2.24) is 9.55 Å². The fraction of sp³-hybridized carbons (Fsp3) is 0.333. The molecule has 1 amide bonds. The zero-order valence-electron chi connectivity index (χ0n) is 15.9. The summed E-state index contributed by atoms with van der Waals surface area (Å²) in [6, 6.07) is 18.1. The molecule has 27 heavy (non-hydrogen) atoms. The summed E-state index contributed by atoms with van der Waals surface area (Å²) in [4.78, 5) is 19.5. The van der Waals surface area contributed by atoms with Crippen LogP contribution in [0.2, 0.25) is 0 Å². The standard InChI is InChI=1S/C21H25N3OS.BrH/c1-4-14-23-19-13-9-8-12-18(19)22-21(23)26-15-20(25)24(16(2)3)17-10-6-5-7-11-17;/h5-13,16H,4,14-15H2,1-3H3;1H/p-1. The number of thioether (sulfide) groups is 1. The van der Waals surface area contributed by atoms with Gasteiger partial charge in [-0.05, 0) is 44.5 Å². The number of carbonyl (C=O) groups excluding carboxylic acids is 1. The monoisotopic (exact) mass is 446 g/mol. The molecule has 4 nitrogen and oxygen atoms in total. The molecule has 0 atom stereocenters. The lowest BCUT2D eigenvalue weighted by Gasteiger charge is -2.26. The molecule has 3 aromatic rings. The number of aromatic nitrogens is 2. The lowest BCUT2D eigenvalue weighted by molar-refractivity contribution is -0.116. The van der Waals surface area contributed by atoms with Gasteiger partial charge in [-0.2, -0.15) is 0 Å². The highest BCUT2D eigenvalue weighted by Crippen LogP contribution is 2.26. The van der Waals surface area contributed by atoms with Crippen LogP contribution in [0.4, 0.5) is 5.69 Å². The first-order valence-electron chi connectivity index (χ1n) is 9.07. The van der Waals surface area contributed by atoms with Crippen molar-refractivity contribution >= 4 is 34.4 Å². The quantitative estimate of drug-likeness (QED) is 0.520. The number of benzene rings is 2. The molecule has 0 spiro atoms. The minimum atomic E-state index is 0. The lowest BCUT2D eigenvalue weighted by atomic mass is 10.2. The molecule has 0 aliphatic rings. The van der Waals surface area contributed by atoms with Gasteiger partial charge in [0.25, 0.3) is 0 Å². The van der Waals surface area contributed by atoms with E-state index >= 15 is 0 Å². The van der Waals surface area contributed by atoms with Crippen LogP contribution in [0, 0.1) is 0 Å². The van der Waals surface area contributed by atoms with Crippen LogP contribution in [0.25, 0.3) is 11.0 Å². The number of carbonyl (C=O) groups is 1. The Kier molecular flexibility index (Phi) is 7.92. The third-order valence-electron chi connectivity index (χ3n) is 4.21. The highest BCUT2D eigenvalue weighted by Gasteiger charge is 2.20. The minimum Gasteiger partial charge on any atom is -1.00 e. The Morgan fingerprint density at radius 3 is 2.44 bits per heavy atom. The van der Waals surface area contributed by atoms with Crippen LogP contribution in [-0.2, 0) is 11.3 Å². The number of anilines is 1. The molecular weight excluding hydrogens is 422 g/mol. The first-order chi connectivity index (χ1) is 12.6. The Hall–Kier alpha value is -1.79. The van der Waals surface area contributed by atoms with E-state index in [1.165, 1.54) is 11.8 Å². The van der Waals surface area contributed by atoms with Gasteiger partial charge in [0.1, 0.15) is 0 Å². The molecule has 0 N–H and O–H groups in total. The number of halogens is 1. The maximum absolute atomic E-state index is 12.9. The van der Waals surface area contributed by atoms with E-state index in [2.05, 4.69) is 17.6 Å². The van der Waals surface area contributed by atoms with Crippen LogP contribution in [0.1, 0.15) is 27.2 Å². The Balaban J connectivity index is 0.00000261. The predicted molar refractivity (Wildman–Crippen MR) is 110 cm³/mol. The maximum atomic E-state index is 12.9. The molecule has 0 radical (unpaired) electrons. The number of hydrogen-bond donors (Lipinski definition) is 0. The number of aryl methyl sites for hydroxylation is 1. The molecule has 0 bridgehead atoms. The van der Waals surface area contributed by atoms with E-state index in [4.69, 9.17) is 4.98 Å². The molecule has 1 heterocycles. The summed E-state index contributed by atoms with van der Waals surface area (Å²) in [6.45, 7) is 7.15. The number of imidazole rings is 1. The zero-order valence-corrected chi connectivity index (χ0v) is 18.3. The normalized spacial score (nSPS) is 10.8.